The number of ether oxygens (including phenoxy) is 2. The number of aryl methyl sites for hydroxylation is 1. The molecule has 3 aromatic rings. The standard InChI is InChI=1S/C26H34N6O5/c1-16(2)8-10-31-22-23(28-25(31)30-9-6-7-18(27)14-30)29(3)26(35)32(24(22)34)15-21(33)17-11-19(36-4)13-20(12-17)37-5/h8,11-13,18H,6-7,9-10,14-15,27H2,1-5H3. The molecular formula is C26H34N6O5. The van der Waals surface area contributed by atoms with E-state index in [-0.39, 0.29) is 22.8 Å². The van der Waals surface area contributed by atoms with Crippen molar-refractivity contribution in [1.29, 1.82) is 0 Å². The molecule has 37 heavy (non-hydrogen) atoms. The van der Waals surface area contributed by atoms with Crippen molar-refractivity contribution < 1.29 is 14.3 Å². The average Bonchev–Trinajstić information content (AvgIpc) is 3.28. The van der Waals surface area contributed by atoms with Crippen molar-refractivity contribution in [3.63, 3.8) is 0 Å². The monoisotopic (exact) mass is 510 g/mol. The molecule has 1 aliphatic rings. The van der Waals surface area contributed by atoms with Gasteiger partial charge in [-0.25, -0.2) is 4.79 Å². The van der Waals surface area contributed by atoms with Crippen LogP contribution >= 0.6 is 0 Å². The Labute approximate surface area is 214 Å². The number of methoxy groups -OCH3 is 2. The van der Waals surface area contributed by atoms with Crippen molar-refractivity contribution in [2.75, 3.05) is 32.2 Å². The van der Waals surface area contributed by atoms with E-state index in [9.17, 15) is 14.4 Å². The van der Waals surface area contributed by atoms with Gasteiger partial charge in [-0.2, -0.15) is 4.98 Å². The number of Topliss-reactive ketones (excluding diaryl/α,β-unsaturated/α-hetero) is 1. The molecule has 4 rings (SSSR count). The number of nitrogens with zero attached hydrogens (tertiary/aromatic N) is 5. The maximum absolute atomic E-state index is 13.8. The number of hydrogen-bond acceptors (Lipinski definition) is 8. The number of imidazole rings is 1. The second-order valence-corrected chi connectivity index (χ2v) is 9.58. The summed E-state index contributed by atoms with van der Waals surface area (Å²) in [6.07, 6.45) is 3.83. The minimum Gasteiger partial charge on any atom is -0.497 e. The van der Waals surface area contributed by atoms with Crippen molar-refractivity contribution in [1.82, 2.24) is 18.7 Å². The van der Waals surface area contributed by atoms with Crippen LogP contribution in [0.2, 0.25) is 0 Å². The lowest BCUT2D eigenvalue weighted by Crippen LogP contribution is -2.44. The lowest BCUT2D eigenvalue weighted by atomic mass is 10.1. The topological polar surface area (TPSA) is 127 Å². The quantitative estimate of drug-likeness (QED) is 0.358. The second kappa shape index (κ2) is 10.6. The number of carbonyl (C=O) groups excluding carboxylic acids is 1. The van der Waals surface area contributed by atoms with Crippen LogP contribution in [0.1, 0.15) is 37.0 Å². The largest absolute Gasteiger partial charge is 0.497 e. The predicted molar refractivity (Wildman–Crippen MR) is 142 cm³/mol. The Balaban J connectivity index is 1.86. The zero-order chi connectivity index (χ0) is 26.9. The minimum atomic E-state index is -0.616. The van der Waals surface area contributed by atoms with Gasteiger partial charge in [0.15, 0.2) is 16.9 Å². The van der Waals surface area contributed by atoms with Crippen LogP contribution in [0.5, 0.6) is 11.5 Å². The summed E-state index contributed by atoms with van der Waals surface area (Å²) in [7, 11) is 4.53. The molecule has 11 heteroatoms. The summed E-state index contributed by atoms with van der Waals surface area (Å²) in [6.45, 7) is 5.28. The summed E-state index contributed by atoms with van der Waals surface area (Å²) in [4.78, 5) is 47.0. The van der Waals surface area contributed by atoms with Crippen LogP contribution in [0.15, 0.2) is 39.4 Å². The number of rotatable bonds is 8. The molecule has 2 aromatic heterocycles. The number of hydrogen-bond donors (Lipinski definition) is 1. The van der Waals surface area contributed by atoms with Gasteiger partial charge in [-0.15, -0.1) is 0 Å². The van der Waals surface area contributed by atoms with Gasteiger partial charge in [0.25, 0.3) is 5.56 Å². The van der Waals surface area contributed by atoms with Crippen molar-refractivity contribution in [2.45, 2.75) is 45.8 Å². The fourth-order valence-electron chi connectivity index (χ4n) is 4.58. The zero-order valence-corrected chi connectivity index (χ0v) is 22.0. The molecule has 1 aromatic carbocycles. The summed E-state index contributed by atoms with van der Waals surface area (Å²) < 4.78 is 14.6. The summed E-state index contributed by atoms with van der Waals surface area (Å²) in [5.74, 6) is 1.04. The van der Waals surface area contributed by atoms with E-state index in [4.69, 9.17) is 20.2 Å². The van der Waals surface area contributed by atoms with Gasteiger partial charge in [0.2, 0.25) is 5.95 Å². The van der Waals surface area contributed by atoms with Gasteiger partial charge < -0.3 is 24.7 Å². The van der Waals surface area contributed by atoms with Crippen LogP contribution in [-0.4, -0.2) is 57.8 Å². The Kier molecular flexibility index (Phi) is 7.53. The van der Waals surface area contributed by atoms with E-state index in [1.807, 2.05) is 24.5 Å². The highest BCUT2D eigenvalue weighted by Gasteiger charge is 2.26. The van der Waals surface area contributed by atoms with Gasteiger partial charge in [0.05, 0.1) is 20.8 Å². The maximum Gasteiger partial charge on any atom is 0.332 e. The third-order valence-electron chi connectivity index (χ3n) is 6.61. The fourth-order valence-corrected chi connectivity index (χ4v) is 4.58. The van der Waals surface area contributed by atoms with Crippen LogP contribution in [0.3, 0.4) is 0 Å². The Morgan fingerprint density at radius 2 is 1.81 bits per heavy atom. The molecule has 2 N–H and O–H groups in total. The first-order valence-corrected chi connectivity index (χ1v) is 12.2. The molecule has 3 heterocycles. The smallest absolute Gasteiger partial charge is 0.332 e. The molecule has 0 amide bonds. The highest BCUT2D eigenvalue weighted by molar-refractivity contribution is 5.96. The number of carbonyl (C=O) groups is 1. The van der Waals surface area contributed by atoms with Crippen LogP contribution in [0.4, 0.5) is 5.95 Å². The van der Waals surface area contributed by atoms with Gasteiger partial charge in [0.1, 0.15) is 11.5 Å². The molecule has 0 bridgehead atoms. The number of anilines is 1. The maximum atomic E-state index is 13.8. The van der Waals surface area contributed by atoms with E-state index in [0.717, 1.165) is 29.5 Å². The second-order valence-electron chi connectivity index (χ2n) is 9.58. The number of benzene rings is 1. The Morgan fingerprint density at radius 3 is 2.41 bits per heavy atom. The molecule has 1 fully saturated rings. The number of fused-ring (bicyclic) bond motifs is 1. The summed E-state index contributed by atoms with van der Waals surface area (Å²) in [5, 5.41) is 0. The Hall–Kier alpha value is -3.86. The number of nitrogens with two attached hydrogens (primary N) is 1. The molecule has 1 atom stereocenters. The van der Waals surface area contributed by atoms with Crippen molar-refractivity contribution in [3.8, 4) is 11.5 Å². The Morgan fingerprint density at radius 1 is 1.14 bits per heavy atom. The average molecular weight is 511 g/mol. The molecule has 1 aliphatic heterocycles. The zero-order valence-electron chi connectivity index (χ0n) is 22.0. The highest BCUT2D eigenvalue weighted by Crippen LogP contribution is 2.24. The normalized spacial score (nSPS) is 15.6. The number of piperidine rings is 1. The van der Waals surface area contributed by atoms with Gasteiger partial charge in [0, 0.05) is 44.4 Å². The van der Waals surface area contributed by atoms with Crippen LogP contribution < -0.4 is 31.4 Å². The molecule has 1 saturated heterocycles. The van der Waals surface area contributed by atoms with Gasteiger partial charge in [-0.05, 0) is 38.8 Å². The SMILES string of the molecule is COc1cc(OC)cc(C(=O)Cn2c(=O)c3c(nc(N4CCCC(N)C4)n3CC=C(C)C)n(C)c2=O)c1. The first-order chi connectivity index (χ1) is 17.6. The molecule has 0 aliphatic carbocycles. The minimum absolute atomic E-state index is 0.00317. The lowest BCUT2D eigenvalue weighted by Gasteiger charge is -2.31. The molecule has 198 valence electrons. The van der Waals surface area contributed by atoms with Crippen molar-refractivity contribution in [3.05, 3.63) is 56.2 Å². The molecule has 0 saturated carbocycles. The fraction of sp³-hybridized carbons (Fsp3) is 0.462. The summed E-state index contributed by atoms with van der Waals surface area (Å²) in [5.41, 5.74) is 6.93. The molecule has 11 nitrogen and oxygen atoms in total. The molecular weight excluding hydrogens is 476 g/mol. The van der Waals surface area contributed by atoms with E-state index in [2.05, 4.69) is 4.90 Å². The van der Waals surface area contributed by atoms with Crippen LogP contribution in [0.25, 0.3) is 11.2 Å². The van der Waals surface area contributed by atoms with Gasteiger partial charge in [-0.1, -0.05) is 11.6 Å². The number of aromatic nitrogens is 4. The van der Waals surface area contributed by atoms with E-state index >= 15 is 0 Å². The van der Waals surface area contributed by atoms with Crippen LogP contribution in [0, 0.1) is 0 Å². The van der Waals surface area contributed by atoms with Crippen molar-refractivity contribution in [2.24, 2.45) is 12.8 Å². The van der Waals surface area contributed by atoms with Crippen molar-refractivity contribution >= 4 is 22.9 Å². The summed E-state index contributed by atoms with van der Waals surface area (Å²) >= 11 is 0. The predicted octanol–water partition coefficient (Wildman–Crippen LogP) is 1.69. The number of allylic oxidation sites excluding steroid dienone is 2. The lowest BCUT2D eigenvalue weighted by molar-refractivity contribution is 0.0968. The van der Waals surface area contributed by atoms with E-state index < -0.39 is 23.6 Å². The van der Waals surface area contributed by atoms with E-state index in [1.165, 1.54) is 18.8 Å². The van der Waals surface area contributed by atoms with Gasteiger partial charge in [-0.3, -0.25) is 18.7 Å². The highest BCUT2D eigenvalue weighted by atomic mass is 16.5. The van der Waals surface area contributed by atoms with Gasteiger partial charge >= 0.3 is 5.69 Å². The third-order valence-corrected chi connectivity index (χ3v) is 6.61. The van der Waals surface area contributed by atoms with E-state index in [0.29, 0.717) is 30.5 Å². The summed E-state index contributed by atoms with van der Waals surface area (Å²) in [6, 6.07) is 4.75. The first kappa shape index (κ1) is 26.2. The van der Waals surface area contributed by atoms with E-state index in [1.54, 1.807) is 25.2 Å². The molecule has 0 spiro atoms. The number of ketones is 1. The molecule has 0 radical (unpaired) electrons. The molecule has 1 unspecified atom stereocenters. The Bertz CT molecular complexity index is 1460. The van der Waals surface area contributed by atoms with Crippen LogP contribution in [-0.2, 0) is 20.1 Å². The first-order valence-electron chi connectivity index (χ1n) is 12.2. The third kappa shape index (κ3) is 5.17.